The molecule has 1 unspecified atom stereocenters. The molecule has 0 saturated carbocycles. The molecule has 1 amide bonds. The van der Waals surface area contributed by atoms with E-state index in [1.54, 1.807) is 24.3 Å². The number of carbonyl (C=O) groups is 1. The van der Waals surface area contributed by atoms with Crippen molar-refractivity contribution in [2.75, 3.05) is 13.7 Å². The van der Waals surface area contributed by atoms with E-state index in [1.807, 2.05) is 30.3 Å². The van der Waals surface area contributed by atoms with E-state index >= 15 is 0 Å². The van der Waals surface area contributed by atoms with Crippen molar-refractivity contribution in [3.05, 3.63) is 70.7 Å². The van der Waals surface area contributed by atoms with Crippen molar-refractivity contribution in [2.45, 2.75) is 12.2 Å². The van der Waals surface area contributed by atoms with Crippen molar-refractivity contribution < 1.29 is 14.6 Å². The van der Waals surface area contributed by atoms with Crippen LogP contribution < -0.4 is 5.32 Å². The Bertz CT molecular complexity index is 601. The second-order valence-electron chi connectivity index (χ2n) is 4.84. The molecule has 4 nitrogen and oxygen atoms in total. The molecular weight excluding hydrogens is 302 g/mol. The molecule has 0 spiro atoms. The topological polar surface area (TPSA) is 58.6 Å². The Balaban J connectivity index is 1.95. The SMILES string of the molecule is CO[C@@H](C(=O)NCC(O)c1ccc(Cl)cc1)c1ccccc1. The largest absolute Gasteiger partial charge is 0.387 e. The predicted octanol–water partition coefficient (Wildman–Crippen LogP) is 2.88. The van der Waals surface area contributed by atoms with Gasteiger partial charge in [-0.1, -0.05) is 54.1 Å². The third-order valence-electron chi connectivity index (χ3n) is 3.30. The number of amides is 1. The number of methoxy groups -OCH3 is 1. The monoisotopic (exact) mass is 319 g/mol. The van der Waals surface area contributed by atoms with Gasteiger partial charge in [-0.25, -0.2) is 0 Å². The van der Waals surface area contributed by atoms with E-state index in [0.29, 0.717) is 10.6 Å². The summed E-state index contributed by atoms with van der Waals surface area (Å²) in [5, 5.41) is 13.4. The van der Waals surface area contributed by atoms with Crippen LogP contribution in [0.25, 0.3) is 0 Å². The summed E-state index contributed by atoms with van der Waals surface area (Å²) in [6, 6.07) is 16.1. The highest BCUT2D eigenvalue weighted by atomic mass is 35.5. The van der Waals surface area contributed by atoms with E-state index in [4.69, 9.17) is 16.3 Å². The minimum atomic E-state index is -0.797. The normalized spacial score (nSPS) is 13.4. The van der Waals surface area contributed by atoms with Crippen LogP contribution in [-0.2, 0) is 9.53 Å². The van der Waals surface area contributed by atoms with Crippen LogP contribution in [0, 0.1) is 0 Å². The maximum atomic E-state index is 12.2. The first-order valence-corrected chi connectivity index (χ1v) is 7.28. The van der Waals surface area contributed by atoms with Gasteiger partial charge in [0, 0.05) is 18.7 Å². The molecule has 5 heteroatoms. The molecule has 0 aromatic heterocycles. The Morgan fingerprint density at radius 3 is 2.36 bits per heavy atom. The number of nitrogens with one attached hydrogen (secondary N) is 1. The zero-order valence-corrected chi connectivity index (χ0v) is 13.0. The molecule has 0 fully saturated rings. The van der Waals surface area contributed by atoms with Gasteiger partial charge in [0.1, 0.15) is 0 Å². The second-order valence-corrected chi connectivity index (χ2v) is 5.28. The summed E-state index contributed by atoms with van der Waals surface area (Å²) in [7, 11) is 1.48. The minimum Gasteiger partial charge on any atom is -0.387 e. The van der Waals surface area contributed by atoms with Crippen LogP contribution in [0.15, 0.2) is 54.6 Å². The Morgan fingerprint density at radius 2 is 1.77 bits per heavy atom. The molecule has 22 heavy (non-hydrogen) atoms. The molecule has 116 valence electrons. The molecule has 0 bridgehead atoms. The minimum absolute atomic E-state index is 0.104. The summed E-state index contributed by atoms with van der Waals surface area (Å²) in [4.78, 5) is 12.2. The number of rotatable bonds is 6. The molecule has 2 N–H and O–H groups in total. The van der Waals surface area contributed by atoms with Crippen LogP contribution in [0.2, 0.25) is 5.02 Å². The highest BCUT2D eigenvalue weighted by Gasteiger charge is 2.20. The number of ether oxygens (including phenoxy) is 1. The standard InChI is InChI=1S/C17H18ClNO3/c1-22-16(13-5-3-2-4-6-13)17(21)19-11-15(20)12-7-9-14(18)10-8-12/h2-10,15-16,20H,11H2,1H3,(H,19,21)/t15?,16-/m1/s1. The molecule has 0 saturated heterocycles. The molecule has 0 aliphatic heterocycles. The molecule has 2 aromatic carbocycles. The zero-order valence-electron chi connectivity index (χ0n) is 12.2. The molecule has 2 aromatic rings. The summed E-state index contributed by atoms with van der Waals surface area (Å²) in [5.41, 5.74) is 1.46. The van der Waals surface area contributed by atoms with E-state index in [0.717, 1.165) is 5.56 Å². The molecule has 0 aliphatic carbocycles. The first kappa shape index (κ1) is 16.5. The van der Waals surface area contributed by atoms with Gasteiger partial charge >= 0.3 is 0 Å². The third kappa shape index (κ3) is 4.31. The van der Waals surface area contributed by atoms with Gasteiger partial charge in [-0.2, -0.15) is 0 Å². The van der Waals surface area contributed by atoms with Gasteiger partial charge in [0.05, 0.1) is 6.10 Å². The lowest BCUT2D eigenvalue weighted by Gasteiger charge is -2.17. The van der Waals surface area contributed by atoms with Gasteiger partial charge in [-0.15, -0.1) is 0 Å². The van der Waals surface area contributed by atoms with Crippen molar-refractivity contribution in [3.8, 4) is 0 Å². The van der Waals surface area contributed by atoms with Crippen LogP contribution in [0.1, 0.15) is 23.3 Å². The van der Waals surface area contributed by atoms with Gasteiger partial charge in [0.15, 0.2) is 6.10 Å². The lowest BCUT2D eigenvalue weighted by Crippen LogP contribution is -2.33. The molecule has 0 aliphatic rings. The predicted molar refractivity (Wildman–Crippen MR) is 85.6 cm³/mol. The lowest BCUT2D eigenvalue weighted by molar-refractivity contribution is -0.131. The molecular formula is C17H18ClNO3. The van der Waals surface area contributed by atoms with E-state index in [1.165, 1.54) is 7.11 Å². The Hall–Kier alpha value is -1.88. The smallest absolute Gasteiger partial charge is 0.253 e. The summed E-state index contributed by atoms with van der Waals surface area (Å²) >= 11 is 5.80. The van der Waals surface area contributed by atoms with Crippen LogP contribution in [0.3, 0.4) is 0 Å². The summed E-state index contributed by atoms with van der Waals surface area (Å²) in [6.07, 6.45) is -1.49. The van der Waals surface area contributed by atoms with Gasteiger partial charge in [-0.3, -0.25) is 4.79 Å². The molecule has 0 radical (unpaired) electrons. The van der Waals surface area contributed by atoms with Crippen molar-refractivity contribution in [1.29, 1.82) is 0 Å². The van der Waals surface area contributed by atoms with E-state index < -0.39 is 12.2 Å². The van der Waals surface area contributed by atoms with Crippen molar-refractivity contribution in [1.82, 2.24) is 5.32 Å². The van der Waals surface area contributed by atoms with Gasteiger partial charge in [-0.05, 0) is 23.3 Å². The number of hydrogen-bond donors (Lipinski definition) is 2. The maximum absolute atomic E-state index is 12.2. The van der Waals surface area contributed by atoms with Crippen LogP contribution in [0.4, 0.5) is 0 Å². The first-order valence-electron chi connectivity index (χ1n) is 6.91. The molecule has 0 heterocycles. The zero-order chi connectivity index (χ0) is 15.9. The number of carbonyl (C=O) groups excluding carboxylic acids is 1. The fraction of sp³-hybridized carbons (Fsp3) is 0.235. The highest BCUT2D eigenvalue weighted by molar-refractivity contribution is 6.30. The van der Waals surface area contributed by atoms with Gasteiger partial charge < -0.3 is 15.2 Å². The fourth-order valence-corrected chi connectivity index (χ4v) is 2.24. The third-order valence-corrected chi connectivity index (χ3v) is 3.55. The summed E-state index contributed by atoms with van der Waals surface area (Å²) in [5.74, 6) is -0.290. The van der Waals surface area contributed by atoms with E-state index in [-0.39, 0.29) is 12.5 Å². The fourth-order valence-electron chi connectivity index (χ4n) is 2.12. The second kappa shape index (κ2) is 7.94. The average Bonchev–Trinajstić information content (AvgIpc) is 2.55. The van der Waals surface area contributed by atoms with Crippen LogP contribution in [0.5, 0.6) is 0 Å². The highest BCUT2D eigenvalue weighted by Crippen LogP contribution is 2.18. The number of benzene rings is 2. The van der Waals surface area contributed by atoms with E-state index in [2.05, 4.69) is 5.32 Å². The number of halogens is 1. The van der Waals surface area contributed by atoms with Gasteiger partial charge in [0.25, 0.3) is 5.91 Å². The van der Waals surface area contributed by atoms with Crippen LogP contribution in [-0.4, -0.2) is 24.7 Å². The molecule has 2 rings (SSSR count). The number of hydrogen-bond acceptors (Lipinski definition) is 3. The Labute approximate surface area is 134 Å². The summed E-state index contributed by atoms with van der Waals surface area (Å²) < 4.78 is 5.24. The average molecular weight is 320 g/mol. The van der Waals surface area contributed by atoms with Crippen molar-refractivity contribution >= 4 is 17.5 Å². The lowest BCUT2D eigenvalue weighted by atomic mass is 10.1. The van der Waals surface area contributed by atoms with Gasteiger partial charge in [0.2, 0.25) is 0 Å². The first-order chi connectivity index (χ1) is 10.6. The number of aliphatic hydroxyl groups excluding tert-OH is 1. The van der Waals surface area contributed by atoms with Crippen LogP contribution >= 0.6 is 11.6 Å². The Morgan fingerprint density at radius 1 is 1.14 bits per heavy atom. The van der Waals surface area contributed by atoms with Crippen molar-refractivity contribution in [2.24, 2.45) is 0 Å². The van der Waals surface area contributed by atoms with E-state index in [9.17, 15) is 9.90 Å². The summed E-state index contributed by atoms with van der Waals surface area (Å²) in [6.45, 7) is 0.104. The molecule has 2 atom stereocenters. The number of aliphatic hydroxyl groups is 1. The maximum Gasteiger partial charge on any atom is 0.253 e. The quantitative estimate of drug-likeness (QED) is 0.860. The van der Waals surface area contributed by atoms with Crippen molar-refractivity contribution in [3.63, 3.8) is 0 Å². The Kier molecular flexibility index (Phi) is 5.95.